The van der Waals surface area contributed by atoms with Gasteiger partial charge in [0.25, 0.3) is 0 Å². The average molecular weight is 325 g/mol. The first kappa shape index (κ1) is 11.7. The molecule has 1 nitrogen and oxygen atoms in total. The molecule has 1 rings (SSSR count). The van der Waals surface area contributed by atoms with Crippen LogP contribution in [0, 0.1) is 0 Å². The molecule has 0 spiro atoms. The molecule has 0 radical (unpaired) electrons. The molecule has 72 valence electrons. The van der Waals surface area contributed by atoms with Gasteiger partial charge in [0.15, 0.2) is 5.75 Å². The third-order valence-electron chi connectivity index (χ3n) is 1.37. The van der Waals surface area contributed by atoms with E-state index in [9.17, 15) is 0 Å². The summed E-state index contributed by atoms with van der Waals surface area (Å²) in [4.78, 5) is 0. The summed E-state index contributed by atoms with van der Waals surface area (Å²) in [5, 5.41) is 0.924. The molecule has 0 saturated carbocycles. The van der Waals surface area contributed by atoms with Crippen molar-refractivity contribution in [1.29, 1.82) is 0 Å². The van der Waals surface area contributed by atoms with E-state index in [0.29, 0.717) is 10.2 Å². The standard InChI is InChI=1S/C7H3BrCl4O/c1-13-7-2(8)3(9)4(10)5(11)6(7)12/h1H3. The number of benzene rings is 1. The van der Waals surface area contributed by atoms with Crippen LogP contribution in [-0.4, -0.2) is 7.11 Å². The molecule has 0 fully saturated rings. The zero-order valence-corrected chi connectivity index (χ0v) is 10.9. The molecule has 0 aromatic heterocycles. The van der Waals surface area contributed by atoms with Gasteiger partial charge in [-0.1, -0.05) is 46.4 Å². The largest absolute Gasteiger partial charge is 0.494 e. The van der Waals surface area contributed by atoms with Crippen LogP contribution in [-0.2, 0) is 0 Å². The van der Waals surface area contributed by atoms with Crippen LogP contribution in [0.1, 0.15) is 0 Å². The van der Waals surface area contributed by atoms with Gasteiger partial charge in [-0.15, -0.1) is 0 Å². The summed E-state index contributed by atoms with van der Waals surface area (Å²) in [6.45, 7) is 0. The van der Waals surface area contributed by atoms with Crippen LogP contribution >= 0.6 is 62.3 Å². The van der Waals surface area contributed by atoms with E-state index in [-0.39, 0.29) is 20.1 Å². The zero-order chi connectivity index (χ0) is 10.2. The van der Waals surface area contributed by atoms with Gasteiger partial charge in [-0.25, -0.2) is 0 Å². The third kappa shape index (κ3) is 2.02. The van der Waals surface area contributed by atoms with E-state index in [1.807, 2.05) is 0 Å². The second-order valence-electron chi connectivity index (χ2n) is 2.10. The molecule has 13 heavy (non-hydrogen) atoms. The quantitative estimate of drug-likeness (QED) is 0.517. The lowest BCUT2D eigenvalue weighted by molar-refractivity contribution is 0.412. The maximum Gasteiger partial charge on any atom is 0.154 e. The summed E-state index contributed by atoms with van der Waals surface area (Å²) < 4.78 is 5.48. The van der Waals surface area contributed by atoms with Gasteiger partial charge in [-0.2, -0.15) is 0 Å². The van der Waals surface area contributed by atoms with Crippen molar-refractivity contribution in [3.63, 3.8) is 0 Å². The molecule has 1 aromatic rings. The first-order valence-corrected chi connectivity index (χ1v) is 5.36. The van der Waals surface area contributed by atoms with Crippen molar-refractivity contribution in [3.8, 4) is 5.75 Å². The predicted molar refractivity (Wildman–Crippen MR) is 60.7 cm³/mol. The van der Waals surface area contributed by atoms with Crippen molar-refractivity contribution in [2.24, 2.45) is 0 Å². The topological polar surface area (TPSA) is 9.23 Å². The maximum absolute atomic E-state index is 5.85. The highest BCUT2D eigenvalue weighted by molar-refractivity contribution is 9.10. The van der Waals surface area contributed by atoms with Crippen LogP contribution in [0.25, 0.3) is 0 Å². The normalized spacial score (nSPS) is 10.3. The minimum absolute atomic E-state index is 0.188. The van der Waals surface area contributed by atoms with E-state index in [1.54, 1.807) is 0 Å². The fourth-order valence-corrected chi connectivity index (χ4v) is 2.46. The van der Waals surface area contributed by atoms with E-state index < -0.39 is 0 Å². The smallest absolute Gasteiger partial charge is 0.154 e. The molecule has 1 aromatic carbocycles. The molecule has 0 saturated heterocycles. The molecule has 6 heteroatoms. The second kappa shape index (κ2) is 4.45. The molecular formula is C7H3BrCl4O. The Morgan fingerprint density at radius 3 is 1.85 bits per heavy atom. The molecule has 0 aliphatic rings. The van der Waals surface area contributed by atoms with Crippen molar-refractivity contribution in [2.45, 2.75) is 0 Å². The molecule has 0 amide bonds. The number of halogens is 5. The van der Waals surface area contributed by atoms with Crippen LogP contribution in [0.2, 0.25) is 20.1 Å². The van der Waals surface area contributed by atoms with Crippen molar-refractivity contribution in [3.05, 3.63) is 24.6 Å². The van der Waals surface area contributed by atoms with Crippen LogP contribution in [0.15, 0.2) is 4.47 Å². The van der Waals surface area contributed by atoms with Crippen molar-refractivity contribution in [1.82, 2.24) is 0 Å². The van der Waals surface area contributed by atoms with Gasteiger partial charge in [-0.05, 0) is 15.9 Å². The van der Waals surface area contributed by atoms with Crippen molar-refractivity contribution in [2.75, 3.05) is 7.11 Å². The zero-order valence-electron chi connectivity index (χ0n) is 6.30. The first-order chi connectivity index (χ1) is 6.00. The van der Waals surface area contributed by atoms with E-state index in [1.165, 1.54) is 7.11 Å². The lowest BCUT2D eigenvalue weighted by atomic mass is 10.3. The Balaban J connectivity index is 3.56. The monoisotopic (exact) mass is 322 g/mol. The first-order valence-electron chi connectivity index (χ1n) is 3.06. The van der Waals surface area contributed by atoms with E-state index >= 15 is 0 Å². The van der Waals surface area contributed by atoms with Gasteiger partial charge in [0.2, 0.25) is 0 Å². The Morgan fingerprint density at radius 1 is 0.923 bits per heavy atom. The van der Waals surface area contributed by atoms with E-state index in [4.69, 9.17) is 51.1 Å². The van der Waals surface area contributed by atoms with Crippen LogP contribution in [0.5, 0.6) is 5.75 Å². The van der Waals surface area contributed by atoms with Crippen molar-refractivity contribution >= 4 is 62.3 Å². The molecule has 0 aliphatic heterocycles. The molecular weight excluding hydrogens is 322 g/mol. The van der Waals surface area contributed by atoms with Gasteiger partial charge in [0.1, 0.15) is 5.02 Å². The molecule has 0 aliphatic carbocycles. The molecule has 0 unspecified atom stereocenters. The summed E-state index contributed by atoms with van der Waals surface area (Å²) >= 11 is 26.4. The predicted octanol–water partition coefficient (Wildman–Crippen LogP) is 5.07. The molecule has 0 heterocycles. The summed E-state index contributed by atoms with van der Waals surface area (Å²) in [6, 6.07) is 0. The highest BCUT2D eigenvalue weighted by atomic mass is 79.9. The summed E-state index contributed by atoms with van der Waals surface area (Å²) in [5.41, 5.74) is 0. The van der Waals surface area contributed by atoms with Crippen molar-refractivity contribution < 1.29 is 4.74 Å². The number of ether oxygens (including phenoxy) is 1. The summed E-state index contributed by atoms with van der Waals surface area (Å²) in [5.74, 6) is 0.376. The third-order valence-corrected chi connectivity index (χ3v) is 4.14. The SMILES string of the molecule is COc1c(Cl)c(Cl)c(Cl)c(Cl)c1Br. The highest BCUT2D eigenvalue weighted by Gasteiger charge is 2.18. The van der Waals surface area contributed by atoms with Crippen LogP contribution in [0.3, 0.4) is 0 Å². The molecule has 0 bridgehead atoms. The number of methoxy groups -OCH3 is 1. The number of rotatable bonds is 1. The van der Waals surface area contributed by atoms with Crippen LogP contribution in [0.4, 0.5) is 0 Å². The number of hydrogen-bond acceptors (Lipinski definition) is 1. The number of hydrogen-bond donors (Lipinski definition) is 0. The second-order valence-corrected chi connectivity index (χ2v) is 4.41. The summed E-state index contributed by atoms with van der Waals surface area (Å²) in [6.07, 6.45) is 0. The minimum atomic E-state index is 0.188. The Bertz CT molecular complexity index is 324. The summed E-state index contributed by atoms with van der Waals surface area (Å²) in [7, 11) is 1.46. The van der Waals surface area contributed by atoms with Gasteiger partial charge in [0, 0.05) is 0 Å². The molecule has 0 N–H and O–H groups in total. The minimum Gasteiger partial charge on any atom is -0.494 e. The van der Waals surface area contributed by atoms with Gasteiger partial charge in [0.05, 0.1) is 26.7 Å². The Labute approximate surface area is 104 Å². The van der Waals surface area contributed by atoms with Gasteiger partial charge >= 0.3 is 0 Å². The Morgan fingerprint density at radius 2 is 1.38 bits per heavy atom. The lowest BCUT2D eigenvalue weighted by Gasteiger charge is -2.10. The molecule has 0 atom stereocenters. The highest BCUT2D eigenvalue weighted by Crippen LogP contribution is 2.47. The van der Waals surface area contributed by atoms with E-state index in [2.05, 4.69) is 15.9 Å². The fraction of sp³-hybridized carbons (Fsp3) is 0.143. The Hall–Kier alpha value is 0.660. The van der Waals surface area contributed by atoms with Crippen LogP contribution < -0.4 is 4.74 Å². The van der Waals surface area contributed by atoms with Gasteiger partial charge in [-0.3, -0.25) is 0 Å². The fourth-order valence-electron chi connectivity index (χ4n) is 0.764. The average Bonchev–Trinajstić information content (AvgIpc) is 2.13. The van der Waals surface area contributed by atoms with Gasteiger partial charge < -0.3 is 4.74 Å². The van der Waals surface area contributed by atoms with E-state index in [0.717, 1.165) is 0 Å². The maximum atomic E-state index is 5.85. The lowest BCUT2D eigenvalue weighted by Crippen LogP contribution is -1.88. The Kier molecular flexibility index (Phi) is 4.02.